The molecule has 6 aromatic carbocycles. The zero-order valence-corrected chi connectivity index (χ0v) is 28.3. The predicted molar refractivity (Wildman–Crippen MR) is 206 cm³/mol. The second-order valence-corrected chi connectivity index (χ2v) is 13.9. The number of fused-ring (bicyclic) bond motifs is 3. The number of aromatic nitrogens is 5. The molecule has 0 fully saturated rings. The Hall–Kier alpha value is -6.02. The van der Waals surface area contributed by atoms with E-state index in [0.717, 1.165) is 64.7 Å². The van der Waals surface area contributed by atoms with Crippen molar-refractivity contribution in [3.05, 3.63) is 164 Å². The molecular formula is C43H27N5S2. The molecule has 50 heavy (non-hydrogen) atoms. The van der Waals surface area contributed by atoms with Gasteiger partial charge in [-0.25, -0.2) is 24.9 Å². The molecule has 0 saturated carbocycles. The number of rotatable bonds is 7. The zero-order valence-electron chi connectivity index (χ0n) is 26.6. The van der Waals surface area contributed by atoms with E-state index < -0.39 is 0 Å². The van der Waals surface area contributed by atoms with Gasteiger partial charge in [-0.2, -0.15) is 0 Å². The fraction of sp³-hybridized carbons (Fsp3) is 0. The van der Waals surface area contributed by atoms with E-state index in [4.69, 9.17) is 24.9 Å². The van der Waals surface area contributed by atoms with Gasteiger partial charge in [-0.05, 0) is 30.3 Å². The van der Waals surface area contributed by atoms with Crippen LogP contribution in [-0.4, -0.2) is 24.9 Å². The van der Waals surface area contributed by atoms with Crippen LogP contribution in [0.3, 0.4) is 0 Å². The summed E-state index contributed by atoms with van der Waals surface area (Å²) in [4.78, 5) is 27.1. The molecule has 7 heteroatoms. The molecule has 3 aromatic heterocycles. The number of benzene rings is 6. The molecule has 0 bridgehead atoms. The highest BCUT2D eigenvalue weighted by molar-refractivity contribution is 7.99. The van der Waals surface area contributed by atoms with Gasteiger partial charge >= 0.3 is 0 Å². The highest BCUT2D eigenvalue weighted by atomic mass is 32.2. The van der Waals surface area contributed by atoms with E-state index in [0.29, 0.717) is 17.5 Å². The van der Waals surface area contributed by atoms with Crippen molar-refractivity contribution in [3.63, 3.8) is 0 Å². The van der Waals surface area contributed by atoms with Gasteiger partial charge in [-0.1, -0.05) is 145 Å². The minimum atomic E-state index is 0.637. The first-order chi connectivity index (χ1) is 24.7. The van der Waals surface area contributed by atoms with E-state index in [-0.39, 0.29) is 0 Å². The molecule has 0 aliphatic heterocycles. The number of thiophene rings is 1. The van der Waals surface area contributed by atoms with Crippen LogP contribution in [0, 0.1) is 0 Å². The summed E-state index contributed by atoms with van der Waals surface area (Å²) in [7, 11) is 0. The Morgan fingerprint density at radius 3 is 1.56 bits per heavy atom. The molecule has 5 nitrogen and oxygen atoms in total. The summed E-state index contributed by atoms with van der Waals surface area (Å²) in [6, 6.07) is 55.8. The van der Waals surface area contributed by atoms with Gasteiger partial charge in [0.2, 0.25) is 0 Å². The summed E-state index contributed by atoms with van der Waals surface area (Å²) < 4.78 is 2.32. The van der Waals surface area contributed by atoms with E-state index in [9.17, 15) is 0 Å². The van der Waals surface area contributed by atoms with Crippen LogP contribution in [0.15, 0.2) is 174 Å². The van der Waals surface area contributed by atoms with Crippen molar-refractivity contribution >= 4 is 43.4 Å². The van der Waals surface area contributed by atoms with Crippen LogP contribution in [0.2, 0.25) is 0 Å². The quantitative estimate of drug-likeness (QED) is 0.167. The van der Waals surface area contributed by atoms with E-state index >= 15 is 0 Å². The molecule has 0 saturated heterocycles. The third-order valence-electron chi connectivity index (χ3n) is 8.41. The lowest BCUT2D eigenvalue weighted by Crippen LogP contribution is -2.00. The first-order valence-electron chi connectivity index (χ1n) is 16.3. The van der Waals surface area contributed by atoms with Crippen molar-refractivity contribution in [1.82, 2.24) is 24.9 Å². The van der Waals surface area contributed by atoms with Crippen molar-refractivity contribution in [2.75, 3.05) is 0 Å². The molecule has 0 aliphatic carbocycles. The van der Waals surface area contributed by atoms with Crippen LogP contribution in [0.1, 0.15) is 0 Å². The van der Waals surface area contributed by atoms with Gasteiger partial charge in [0, 0.05) is 47.7 Å². The molecule has 0 N–H and O–H groups in total. The molecule has 9 aromatic rings. The zero-order chi connectivity index (χ0) is 33.3. The molecular weight excluding hydrogens is 651 g/mol. The van der Waals surface area contributed by atoms with Gasteiger partial charge in [-0.15, -0.1) is 11.3 Å². The Morgan fingerprint density at radius 1 is 0.380 bits per heavy atom. The van der Waals surface area contributed by atoms with Gasteiger partial charge in [0.05, 0.1) is 15.9 Å². The van der Waals surface area contributed by atoms with Gasteiger partial charge in [0.25, 0.3) is 0 Å². The largest absolute Gasteiger partial charge is 0.226 e. The van der Waals surface area contributed by atoms with Crippen LogP contribution in [-0.2, 0) is 0 Å². The second-order valence-electron chi connectivity index (χ2n) is 11.7. The molecule has 0 spiro atoms. The van der Waals surface area contributed by atoms with Crippen LogP contribution >= 0.6 is 23.1 Å². The normalized spacial score (nSPS) is 11.3. The fourth-order valence-corrected chi connectivity index (χ4v) is 7.99. The first kappa shape index (κ1) is 30.1. The SMILES string of the molecule is c1ccc(-c2nc(-c3ccccc3)nc(-c3cccc(Sc4ccc(-c5nc(-c6ccccc6)c6sc7ccccc7c6n5)cc4)c3)n2)cc1. The lowest BCUT2D eigenvalue weighted by molar-refractivity contribution is 1.07. The molecule has 9 rings (SSSR count). The lowest BCUT2D eigenvalue weighted by atomic mass is 10.1. The Kier molecular flexibility index (Phi) is 7.89. The van der Waals surface area contributed by atoms with Gasteiger partial charge in [0.15, 0.2) is 23.3 Å². The smallest absolute Gasteiger partial charge is 0.164 e. The molecule has 0 atom stereocenters. The average molecular weight is 678 g/mol. The minimum Gasteiger partial charge on any atom is -0.226 e. The molecule has 236 valence electrons. The third-order valence-corrected chi connectivity index (χ3v) is 10.6. The maximum Gasteiger partial charge on any atom is 0.164 e. The van der Waals surface area contributed by atoms with Crippen molar-refractivity contribution in [2.45, 2.75) is 9.79 Å². The van der Waals surface area contributed by atoms with Gasteiger partial charge < -0.3 is 0 Å². The third kappa shape index (κ3) is 5.94. The highest BCUT2D eigenvalue weighted by Gasteiger charge is 2.17. The summed E-state index contributed by atoms with van der Waals surface area (Å²) in [6.45, 7) is 0. The number of hydrogen-bond donors (Lipinski definition) is 0. The van der Waals surface area contributed by atoms with Crippen LogP contribution < -0.4 is 0 Å². The van der Waals surface area contributed by atoms with E-state index in [2.05, 4.69) is 97.1 Å². The first-order valence-corrected chi connectivity index (χ1v) is 17.9. The standard InChI is InChI=1S/C43H27N5S2/c1-4-13-28(14-5-1)37-39-38(35-21-10-11-22-36(35)50-39)45-40(44-37)31-23-25-33(26-24-31)49-34-20-12-19-32(27-34)43-47-41(29-15-6-2-7-16-29)46-42(48-43)30-17-8-3-9-18-30/h1-27H. The average Bonchev–Trinajstić information content (AvgIpc) is 3.57. The van der Waals surface area contributed by atoms with Crippen molar-refractivity contribution in [1.29, 1.82) is 0 Å². The van der Waals surface area contributed by atoms with Gasteiger partial charge in [0.1, 0.15) is 0 Å². The van der Waals surface area contributed by atoms with Crippen molar-refractivity contribution in [2.24, 2.45) is 0 Å². The Balaban J connectivity index is 1.04. The van der Waals surface area contributed by atoms with E-state index in [1.807, 2.05) is 66.7 Å². The minimum absolute atomic E-state index is 0.637. The van der Waals surface area contributed by atoms with Crippen molar-refractivity contribution < 1.29 is 0 Å². The van der Waals surface area contributed by atoms with Crippen LogP contribution in [0.25, 0.3) is 77.1 Å². The summed E-state index contributed by atoms with van der Waals surface area (Å²) in [5.41, 5.74) is 6.85. The maximum absolute atomic E-state index is 5.13. The topological polar surface area (TPSA) is 64.5 Å². The second kappa shape index (κ2) is 13.1. The summed E-state index contributed by atoms with van der Waals surface area (Å²) >= 11 is 3.45. The van der Waals surface area contributed by atoms with Crippen molar-refractivity contribution in [3.8, 4) is 56.8 Å². The monoisotopic (exact) mass is 677 g/mol. The predicted octanol–water partition coefficient (Wildman–Crippen LogP) is 11.5. The highest BCUT2D eigenvalue weighted by Crippen LogP contribution is 2.40. The van der Waals surface area contributed by atoms with Crippen LogP contribution in [0.5, 0.6) is 0 Å². The van der Waals surface area contributed by atoms with E-state index in [1.165, 1.54) is 4.70 Å². The summed E-state index contributed by atoms with van der Waals surface area (Å²) in [5, 5.41) is 1.16. The Labute approximate surface area is 297 Å². The molecule has 0 unspecified atom stereocenters. The number of hydrogen-bond acceptors (Lipinski definition) is 7. The molecule has 0 aliphatic rings. The summed E-state index contributed by atoms with van der Waals surface area (Å²) in [6.07, 6.45) is 0. The Morgan fingerprint density at radius 2 is 0.900 bits per heavy atom. The molecule has 0 amide bonds. The van der Waals surface area contributed by atoms with Crippen LogP contribution in [0.4, 0.5) is 0 Å². The number of nitrogens with zero attached hydrogens (tertiary/aromatic N) is 5. The lowest BCUT2D eigenvalue weighted by Gasteiger charge is -2.10. The summed E-state index contributed by atoms with van der Waals surface area (Å²) in [5.74, 6) is 2.65. The molecule has 3 heterocycles. The van der Waals surface area contributed by atoms with E-state index in [1.54, 1.807) is 23.1 Å². The fourth-order valence-electron chi connectivity index (χ4n) is 5.96. The van der Waals surface area contributed by atoms with Gasteiger partial charge in [-0.3, -0.25) is 0 Å². The maximum atomic E-state index is 5.13. The Bertz CT molecular complexity index is 2550. The molecule has 0 radical (unpaired) electrons.